The van der Waals surface area contributed by atoms with Crippen LogP contribution in [0.25, 0.3) is 11.1 Å². The summed E-state index contributed by atoms with van der Waals surface area (Å²) in [4.78, 5) is 31.1. The van der Waals surface area contributed by atoms with Gasteiger partial charge in [-0.25, -0.2) is 9.37 Å². The van der Waals surface area contributed by atoms with Crippen LogP contribution in [0.3, 0.4) is 0 Å². The van der Waals surface area contributed by atoms with Crippen molar-refractivity contribution in [2.24, 2.45) is 5.92 Å². The molecule has 30 heavy (non-hydrogen) atoms. The maximum atomic E-state index is 13.2. The molecule has 2 amide bonds. The number of aryl methyl sites for hydroxylation is 1. The number of anilines is 1. The van der Waals surface area contributed by atoms with Crippen molar-refractivity contribution in [3.8, 4) is 11.1 Å². The molecule has 1 aromatic heterocycles. The number of aromatic nitrogens is 1. The third kappa shape index (κ3) is 4.25. The Labute approximate surface area is 173 Å². The number of nitrogens with one attached hydrogen (secondary N) is 1. The van der Waals surface area contributed by atoms with Gasteiger partial charge in [0.05, 0.1) is 11.6 Å². The van der Waals surface area contributed by atoms with Gasteiger partial charge >= 0.3 is 0 Å². The third-order valence-electron chi connectivity index (χ3n) is 5.33. The summed E-state index contributed by atoms with van der Waals surface area (Å²) in [6.07, 6.45) is 2.71. The number of hydrogen-bond donors (Lipinski definition) is 1. The van der Waals surface area contributed by atoms with Gasteiger partial charge < -0.3 is 14.6 Å². The van der Waals surface area contributed by atoms with Gasteiger partial charge in [-0.3, -0.25) is 9.59 Å². The van der Waals surface area contributed by atoms with E-state index in [1.165, 1.54) is 18.5 Å². The molecule has 1 aliphatic rings. The molecule has 7 heteroatoms. The quantitative estimate of drug-likeness (QED) is 0.700. The minimum atomic E-state index is -0.305. The second-order valence-corrected chi connectivity index (χ2v) is 7.43. The van der Waals surface area contributed by atoms with Crippen molar-refractivity contribution in [1.29, 1.82) is 0 Å². The molecule has 0 spiro atoms. The first-order valence-corrected chi connectivity index (χ1v) is 9.87. The van der Waals surface area contributed by atoms with Crippen LogP contribution in [-0.2, 0) is 4.79 Å². The second kappa shape index (κ2) is 8.49. The maximum Gasteiger partial charge on any atom is 0.291 e. The molecule has 3 aromatic rings. The Morgan fingerprint density at radius 3 is 2.70 bits per heavy atom. The predicted octanol–water partition coefficient (Wildman–Crippen LogP) is 4.28. The molecule has 0 radical (unpaired) electrons. The van der Waals surface area contributed by atoms with Crippen molar-refractivity contribution in [2.75, 3.05) is 18.4 Å². The van der Waals surface area contributed by atoms with Crippen LogP contribution in [0.15, 0.2) is 59.3 Å². The van der Waals surface area contributed by atoms with E-state index in [-0.39, 0.29) is 29.3 Å². The molecular weight excluding hydrogens is 385 g/mol. The van der Waals surface area contributed by atoms with Crippen LogP contribution in [0.2, 0.25) is 0 Å². The molecule has 1 atom stereocenters. The van der Waals surface area contributed by atoms with Gasteiger partial charge in [0.25, 0.3) is 5.91 Å². The Morgan fingerprint density at radius 1 is 1.17 bits per heavy atom. The van der Waals surface area contributed by atoms with Crippen LogP contribution in [0.4, 0.5) is 10.1 Å². The van der Waals surface area contributed by atoms with E-state index in [1.54, 1.807) is 24.0 Å². The van der Waals surface area contributed by atoms with Crippen molar-refractivity contribution in [3.63, 3.8) is 0 Å². The van der Waals surface area contributed by atoms with Crippen molar-refractivity contribution in [3.05, 3.63) is 72.2 Å². The molecule has 0 bridgehead atoms. The molecule has 1 saturated heterocycles. The third-order valence-corrected chi connectivity index (χ3v) is 5.33. The lowest BCUT2D eigenvalue weighted by atomic mass is 9.96. The number of hydrogen-bond acceptors (Lipinski definition) is 4. The molecule has 4 rings (SSSR count). The molecule has 2 heterocycles. The number of amides is 2. The minimum Gasteiger partial charge on any atom is -0.438 e. The number of piperidine rings is 1. The number of nitrogens with zero attached hydrogens (tertiary/aromatic N) is 2. The number of likely N-dealkylation sites (tertiary alicyclic amines) is 1. The van der Waals surface area contributed by atoms with Gasteiger partial charge in [-0.15, -0.1) is 0 Å². The Kier molecular flexibility index (Phi) is 5.61. The van der Waals surface area contributed by atoms with E-state index in [9.17, 15) is 14.0 Å². The first-order valence-electron chi connectivity index (χ1n) is 9.87. The van der Waals surface area contributed by atoms with Crippen LogP contribution < -0.4 is 5.32 Å². The first-order chi connectivity index (χ1) is 14.5. The van der Waals surface area contributed by atoms with Crippen LogP contribution in [0.5, 0.6) is 0 Å². The smallest absolute Gasteiger partial charge is 0.291 e. The summed E-state index contributed by atoms with van der Waals surface area (Å²) in [5.41, 5.74) is 2.96. The summed E-state index contributed by atoms with van der Waals surface area (Å²) >= 11 is 0. The summed E-state index contributed by atoms with van der Waals surface area (Å²) in [5, 5.41) is 2.95. The summed E-state index contributed by atoms with van der Waals surface area (Å²) in [5.74, 6) is -0.734. The molecule has 0 unspecified atom stereocenters. The summed E-state index contributed by atoms with van der Waals surface area (Å²) in [6, 6.07) is 13.6. The number of benzene rings is 2. The zero-order valence-corrected chi connectivity index (χ0v) is 16.6. The van der Waals surface area contributed by atoms with Crippen LogP contribution in [-0.4, -0.2) is 34.8 Å². The van der Waals surface area contributed by atoms with Gasteiger partial charge in [0.15, 0.2) is 6.39 Å². The SMILES string of the molecule is Cc1ncoc1C(=O)N1CCC[C@@H](C(=O)Nc2cccc(-c3ccc(F)cc3)c2)C1. The molecule has 1 N–H and O–H groups in total. The highest BCUT2D eigenvalue weighted by atomic mass is 19.1. The van der Waals surface area contributed by atoms with Crippen molar-refractivity contribution >= 4 is 17.5 Å². The summed E-state index contributed by atoms with van der Waals surface area (Å²) in [7, 11) is 0. The van der Waals surface area contributed by atoms with E-state index in [0.29, 0.717) is 30.9 Å². The minimum absolute atomic E-state index is 0.127. The van der Waals surface area contributed by atoms with E-state index in [0.717, 1.165) is 17.5 Å². The molecule has 2 aromatic carbocycles. The van der Waals surface area contributed by atoms with E-state index in [2.05, 4.69) is 10.3 Å². The lowest BCUT2D eigenvalue weighted by Crippen LogP contribution is -2.43. The number of rotatable bonds is 4. The first kappa shape index (κ1) is 19.8. The van der Waals surface area contributed by atoms with E-state index >= 15 is 0 Å². The average molecular weight is 407 g/mol. The van der Waals surface area contributed by atoms with E-state index in [1.807, 2.05) is 24.3 Å². The normalized spacial score (nSPS) is 16.3. The highest BCUT2D eigenvalue weighted by molar-refractivity contribution is 5.95. The Morgan fingerprint density at radius 2 is 1.97 bits per heavy atom. The zero-order chi connectivity index (χ0) is 21.1. The second-order valence-electron chi connectivity index (χ2n) is 7.43. The fourth-order valence-corrected chi connectivity index (χ4v) is 3.69. The standard InChI is InChI=1S/C23H22FN3O3/c1-15-21(30-14-25-15)23(29)27-11-3-5-18(13-27)22(28)26-20-6-2-4-17(12-20)16-7-9-19(24)10-8-16/h2,4,6-10,12,14,18H,3,5,11,13H2,1H3,(H,26,28)/t18-/m1/s1. The number of carbonyl (C=O) groups is 2. The molecule has 1 aliphatic heterocycles. The molecule has 0 saturated carbocycles. The van der Waals surface area contributed by atoms with Crippen molar-refractivity contribution in [2.45, 2.75) is 19.8 Å². The number of halogens is 1. The Hall–Kier alpha value is -3.48. The van der Waals surface area contributed by atoms with E-state index < -0.39 is 0 Å². The van der Waals surface area contributed by atoms with Gasteiger partial charge in [0, 0.05) is 18.8 Å². The topological polar surface area (TPSA) is 75.4 Å². The molecule has 1 fully saturated rings. The highest BCUT2D eigenvalue weighted by Crippen LogP contribution is 2.25. The Bertz CT molecular complexity index is 1060. The van der Waals surface area contributed by atoms with Gasteiger partial charge in [-0.1, -0.05) is 24.3 Å². The fourth-order valence-electron chi connectivity index (χ4n) is 3.69. The zero-order valence-electron chi connectivity index (χ0n) is 16.6. The largest absolute Gasteiger partial charge is 0.438 e. The van der Waals surface area contributed by atoms with Gasteiger partial charge in [-0.2, -0.15) is 0 Å². The van der Waals surface area contributed by atoms with Gasteiger partial charge in [-0.05, 0) is 55.2 Å². The van der Waals surface area contributed by atoms with Crippen LogP contribution in [0, 0.1) is 18.7 Å². The van der Waals surface area contributed by atoms with E-state index in [4.69, 9.17) is 4.42 Å². The maximum absolute atomic E-state index is 13.2. The molecule has 0 aliphatic carbocycles. The van der Waals surface area contributed by atoms with Crippen LogP contribution >= 0.6 is 0 Å². The van der Waals surface area contributed by atoms with Crippen LogP contribution in [0.1, 0.15) is 29.1 Å². The monoisotopic (exact) mass is 407 g/mol. The average Bonchev–Trinajstić information content (AvgIpc) is 3.20. The lowest BCUT2D eigenvalue weighted by Gasteiger charge is -2.31. The molecule has 154 valence electrons. The molecule has 6 nitrogen and oxygen atoms in total. The number of carbonyl (C=O) groups excluding carboxylic acids is 2. The Balaban J connectivity index is 1.43. The predicted molar refractivity (Wildman–Crippen MR) is 110 cm³/mol. The van der Waals surface area contributed by atoms with Gasteiger partial charge in [0.2, 0.25) is 11.7 Å². The highest BCUT2D eigenvalue weighted by Gasteiger charge is 2.31. The van der Waals surface area contributed by atoms with Crippen molar-refractivity contribution < 1.29 is 18.4 Å². The summed E-state index contributed by atoms with van der Waals surface area (Å²) < 4.78 is 18.4. The van der Waals surface area contributed by atoms with Crippen molar-refractivity contribution in [1.82, 2.24) is 9.88 Å². The lowest BCUT2D eigenvalue weighted by molar-refractivity contribution is -0.121. The molecular formula is C23H22FN3O3. The number of oxazole rings is 1. The fraction of sp³-hybridized carbons (Fsp3) is 0.261. The van der Waals surface area contributed by atoms with Gasteiger partial charge in [0.1, 0.15) is 5.82 Å². The summed E-state index contributed by atoms with van der Waals surface area (Å²) in [6.45, 7) is 2.64.